The van der Waals surface area contributed by atoms with Crippen LogP contribution in [0.4, 0.5) is 5.69 Å². The number of Topliss-reactive ketones (excluding diaryl/α,β-unsaturated/α-hetero) is 1. The number of rotatable bonds is 7. The molecule has 2 heterocycles. The highest BCUT2D eigenvalue weighted by Crippen LogP contribution is 2.21. The Bertz CT molecular complexity index is 834. The smallest absolute Gasteiger partial charge is 0.306 e. The molecular weight excluding hydrogens is 348 g/mol. The van der Waals surface area contributed by atoms with Crippen molar-refractivity contribution in [3.05, 3.63) is 46.8 Å². The summed E-state index contributed by atoms with van der Waals surface area (Å²) >= 11 is 0. The van der Waals surface area contributed by atoms with Crippen molar-refractivity contribution < 1.29 is 23.6 Å². The van der Waals surface area contributed by atoms with E-state index in [0.717, 1.165) is 23.4 Å². The topological polar surface area (TPSA) is 89.7 Å². The molecule has 3 rings (SSSR count). The Morgan fingerprint density at radius 1 is 1.22 bits per heavy atom. The van der Waals surface area contributed by atoms with E-state index in [1.165, 1.54) is 0 Å². The van der Waals surface area contributed by atoms with Crippen LogP contribution in [-0.4, -0.2) is 36.0 Å². The number of hydrogen-bond donors (Lipinski definition) is 0. The standard InChI is InChI=1S/C20H22N2O5/c1-13-17(14(2)27-21-13)9-10-20(25)26-12-18(23)15-5-7-16(8-6-15)22-11-3-4-19(22)24/h5-8H,3-4,9-12H2,1-2H3. The summed E-state index contributed by atoms with van der Waals surface area (Å²) in [5.41, 5.74) is 2.88. The number of amides is 1. The van der Waals surface area contributed by atoms with Crippen LogP contribution in [0.15, 0.2) is 28.8 Å². The lowest BCUT2D eigenvalue weighted by Crippen LogP contribution is -2.23. The van der Waals surface area contributed by atoms with Crippen molar-refractivity contribution >= 4 is 23.3 Å². The SMILES string of the molecule is Cc1noc(C)c1CCC(=O)OCC(=O)c1ccc(N2CCCC2=O)cc1. The molecule has 0 spiro atoms. The van der Waals surface area contributed by atoms with Crippen molar-refractivity contribution in [3.63, 3.8) is 0 Å². The van der Waals surface area contributed by atoms with Gasteiger partial charge in [-0.1, -0.05) is 5.16 Å². The van der Waals surface area contributed by atoms with E-state index in [9.17, 15) is 14.4 Å². The van der Waals surface area contributed by atoms with Gasteiger partial charge in [-0.3, -0.25) is 14.4 Å². The maximum Gasteiger partial charge on any atom is 0.306 e. The molecule has 2 aromatic rings. The van der Waals surface area contributed by atoms with Crippen molar-refractivity contribution in [3.8, 4) is 0 Å². The molecule has 0 unspecified atom stereocenters. The number of hydrogen-bond acceptors (Lipinski definition) is 6. The molecular formula is C20H22N2O5. The second-order valence-corrected chi connectivity index (χ2v) is 6.58. The van der Waals surface area contributed by atoms with Crippen LogP contribution in [0.25, 0.3) is 0 Å². The molecule has 1 saturated heterocycles. The lowest BCUT2D eigenvalue weighted by atomic mass is 10.1. The second kappa shape index (κ2) is 8.16. The lowest BCUT2D eigenvalue weighted by molar-refractivity contribution is -0.142. The van der Waals surface area contributed by atoms with Crippen LogP contribution in [0.3, 0.4) is 0 Å². The fourth-order valence-corrected chi connectivity index (χ4v) is 3.14. The molecule has 0 aliphatic carbocycles. The van der Waals surface area contributed by atoms with Gasteiger partial charge in [0.15, 0.2) is 12.4 Å². The third kappa shape index (κ3) is 4.42. The average molecular weight is 370 g/mol. The van der Waals surface area contributed by atoms with Gasteiger partial charge < -0.3 is 14.2 Å². The normalized spacial score (nSPS) is 13.9. The predicted molar refractivity (Wildman–Crippen MR) is 97.6 cm³/mol. The van der Waals surface area contributed by atoms with Crippen LogP contribution in [0, 0.1) is 13.8 Å². The Hall–Kier alpha value is -2.96. The first-order valence-corrected chi connectivity index (χ1v) is 8.96. The number of esters is 1. The van der Waals surface area contributed by atoms with Crippen molar-refractivity contribution in [2.75, 3.05) is 18.1 Å². The largest absolute Gasteiger partial charge is 0.457 e. The summed E-state index contributed by atoms with van der Waals surface area (Å²) in [6.07, 6.45) is 2.03. The molecule has 7 heteroatoms. The third-order valence-electron chi connectivity index (χ3n) is 4.70. The van der Waals surface area contributed by atoms with E-state index in [2.05, 4.69) is 5.16 Å². The summed E-state index contributed by atoms with van der Waals surface area (Å²) in [7, 11) is 0. The first-order chi connectivity index (χ1) is 13.0. The molecule has 1 aromatic carbocycles. The highest BCUT2D eigenvalue weighted by molar-refractivity contribution is 5.99. The quantitative estimate of drug-likeness (QED) is 0.550. The van der Waals surface area contributed by atoms with Gasteiger partial charge >= 0.3 is 5.97 Å². The van der Waals surface area contributed by atoms with E-state index < -0.39 is 5.97 Å². The second-order valence-electron chi connectivity index (χ2n) is 6.58. The van der Waals surface area contributed by atoms with Gasteiger partial charge in [0.1, 0.15) is 5.76 Å². The van der Waals surface area contributed by atoms with E-state index in [4.69, 9.17) is 9.26 Å². The maximum absolute atomic E-state index is 12.2. The summed E-state index contributed by atoms with van der Waals surface area (Å²) < 4.78 is 10.1. The van der Waals surface area contributed by atoms with E-state index >= 15 is 0 Å². The van der Waals surface area contributed by atoms with Crippen LogP contribution >= 0.6 is 0 Å². The Balaban J connectivity index is 1.48. The maximum atomic E-state index is 12.2. The number of ether oxygens (including phenoxy) is 1. The highest BCUT2D eigenvalue weighted by Gasteiger charge is 2.21. The molecule has 1 aliphatic heterocycles. The number of ketones is 1. The van der Waals surface area contributed by atoms with Gasteiger partial charge in [0.25, 0.3) is 0 Å². The van der Waals surface area contributed by atoms with E-state index in [0.29, 0.717) is 30.7 Å². The fourth-order valence-electron chi connectivity index (χ4n) is 3.14. The average Bonchev–Trinajstić information content (AvgIpc) is 3.23. The third-order valence-corrected chi connectivity index (χ3v) is 4.70. The first kappa shape index (κ1) is 18.8. The highest BCUT2D eigenvalue weighted by atomic mass is 16.5. The first-order valence-electron chi connectivity index (χ1n) is 8.96. The zero-order valence-corrected chi connectivity index (χ0v) is 15.5. The summed E-state index contributed by atoms with van der Waals surface area (Å²) in [5, 5.41) is 3.84. The van der Waals surface area contributed by atoms with E-state index in [-0.39, 0.29) is 24.7 Å². The minimum absolute atomic E-state index is 0.0984. The van der Waals surface area contributed by atoms with E-state index in [1.54, 1.807) is 36.1 Å². The molecule has 0 saturated carbocycles. The molecule has 1 aliphatic rings. The Morgan fingerprint density at radius 2 is 1.96 bits per heavy atom. The van der Waals surface area contributed by atoms with Crippen LogP contribution in [0.2, 0.25) is 0 Å². The number of nitrogens with zero attached hydrogens (tertiary/aromatic N) is 2. The predicted octanol–water partition coefficient (Wildman–Crippen LogP) is 2.78. The van der Waals surface area contributed by atoms with Crippen LogP contribution in [0.1, 0.15) is 46.6 Å². The summed E-state index contributed by atoms with van der Waals surface area (Å²) in [6, 6.07) is 6.80. The number of benzene rings is 1. The Morgan fingerprint density at radius 3 is 2.56 bits per heavy atom. The number of anilines is 1. The summed E-state index contributed by atoms with van der Waals surface area (Å²) in [4.78, 5) is 37.6. The molecule has 1 fully saturated rings. The number of carbonyl (C=O) groups excluding carboxylic acids is 3. The van der Waals surface area contributed by atoms with Gasteiger partial charge in [0, 0.05) is 36.2 Å². The zero-order valence-electron chi connectivity index (χ0n) is 15.5. The van der Waals surface area contributed by atoms with Gasteiger partial charge in [-0.2, -0.15) is 0 Å². The van der Waals surface area contributed by atoms with Crippen LogP contribution in [-0.2, 0) is 20.7 Å². The van der Waals surface area contributed by atoms with Crippen molar-refractivity contribution in [1.82, 2.24) is 5.16 Å². The minimum atomic E-state index is -0.442. The number of aromatic nitrogens is 1. The van der Waals surface area contributed by atoms with E-state index in [1.807, 2.05) is 6.92 Å². The molecule has 1 amide bonds. The molecule has 7 nitrogen and oxygen atoms in total. The number of carbonyl (C=O) groups is 3. The zero-order chi connectivity index (χ0) is 19.4. The fraction of sp³-hybridized carbons (Fsp3) is 0.400. The molecule has 27 heavy (non-hydrogen) atoms. The Labute approximate surface area is 157 Å². The molecule has 0 N–H and O–H groups in total. The molecule has 1 aromatic heterocycles. The molecule has 0 radical (unpaired) electrons. The van der Waals surface area contributed by atoms with Crippen LogP contribution < -0.4 is 4.90 Å². The summed E-state index contributed by atoms with van der Waals surface area (Å²) in [5.74, 6) is 0.0665. The Kier molecular flexibility index (Phi) is 5.69. The van der Waals surface area contributed by atoms with Crippen molar-refractivity contribution in [1.29, 1.82) is 0 Å². The minimum Gasteiger partial charge on any atom is -0.457 e. The van der Waals surface area contributed by atoms with Gasteiger partial charge in [-0.25, -0.2) is 0 Å². The lowest BCUT2D eigenvalue weighted by Gasteiger charge is -2.15. The number of aryl methyl sites for hydroxylation is 2. The summed E-state index contributed by atoms with van der Waals surface area (Å²) in [6.45, 7) is 4.01. The monoisotopic (exact) mass is 370 g/mol. The van der Waals surface area contributed by atoms with Crippen molar-refractivity contribution in [2.45, 2.75) is 39.5 Å². The molecule has 0 atom stereocenters. The van der Waals surface area contributed by atoms with Crippen molar-refractivity contribution in [2.24, 2.45) is 0 Å². The van der Waals surface area contributed by atoms with Gasteiger partial charge in [0.05, 0.1) is 5.69 Å². The van der Waals surface area contributed by atoms with Gasteiger partial charge in [0.2, 0.25) is 5.91 Å². The molecule has 0 bridgehead atoms. The van der Waals surface area contributed by atoms with Gasteiger partial charge in [-0.05, 0) is 51.0 Å². The van der Waals surface area contributed by atoms with Gasteiger partial charge in [-0.15, -0.1) is 0 Å². The molecule has 142 valence electrons. The van der Waals surface area contributed by atoms with Crippen LogP contribution in [0.5, 0.6) is 0 Å².